The summed E-state index contributed by atoms with van der Waals surface area (Å²) in [6.45, 7) is 2.31. The summed E-state index contributed by atoms with van der Waals surface area (Å²) in [6.07, 6.45) is 1.76. The lowest BCUT2D eigenvalue weighted by Crippen LogP contribution is -1.99. The van der Waals surface area contributed by atoms with Gasteiger partial charge in [0.1, 0.15) is 12.4 Å². The summed E-state index contributed by atoms with van der Waals surface area (Å²) in [4.78, 5) is 16.0. The van der Waals surface area contributed by atoms with Gasteiger partial charge in [-0.05, 0) is 41.1 Å². The summed E-state index contributed by atoms with van der Waals surface area (Å²) in [6, 6.07) is 4.69. The number of halogens is 1. The SMILES string of the molecule is Cc1ncc(COc2cc(C(=O)O)ccc2Br)s1. The number of benzene rings is 1. The fraction of sp³-hybridized carbons (Fsp3) is 0.167. The van der Waals surface area contributed by atoms with Crippen LogP contribution in [-0.2, 0) is 6.61 Å². The molecule has 0 radical (unpaired) electrons. The van der Waals surface area contributed by atoms with E-state index < -0.39 is 5.97 Å². The topological polar surface area (TPSA) is 59.4 Å². The van der Waals surface area contributed by atoms with E-state index in [9.17, 15) is 4.79 Å². The lowest BCUT2D eigenvalue weighted by atomic mass is 10.2. The fourth-order valence-electron chi connectivity index (χ4n) is 1.37. The number of hydrogen-bond acceptors (Lipinski definition) is 4. The summed E-state index contributed by atoms with van der Waals surface area (Å²) in [7, 11) is 0. The number of carbonyl (C=O) groups is 1. The van der Waals surface area contributed by atoms with E-state index in [4.69, 9.17) is 9.84 Å². The molecular weight excluding hydrogens is 318 g/mol. The van der Waals surface area contributed by atoms with E-state index in [0.717, 1.165) is 14.4 Å². The predicted octanol–water partition coefficient (Wildman–Crippen LogP) is 3.49. The molecule has 1 aromatic carbocycles. The number of aromatic carboxylic acids is 1. The highest BCUT2D eigenvalue weighted by Crippen LogP contribution is 2.27. The van der Waals surface area contributed by atoms with Crippen LogP contribution < -0.4 is 4.74 Å². The highest BCUT2D eigenvalue weighted by molar-refractivity contribution is 9.10. The molecule has 0 atom stereocenters. The number of rotatable bonds is 4. The molecule has 0 saturated heterocycles. The molecule has 0 aliphatic heterocycles. The third kappa shape index (κ3) is 3.08. The molecule has 2 rings (SSSR count). The summed E-state index contributed by atoms with van der Waals surface area (Å²) in [5.41, 5.74) is 0.202. The van der Waals surface area contributed by atoms with Gasteiger partial charge in [0, 0.05) is 6.20 Å². The molecule has 4 nitrogen and oxygen atoms in total. The summed E-state index contributed by atoms with van der Waals surface area (Å²) < 4.78 is 6.32. The molecule has 0 aliphatic rings. The van der Waals surface area contributed by atoms with Crippen LogP contribution in [0.5, 0.6) is 5.75 Å². The van der Waals surface area contributed by atoms with Crippen molar-refractivity contribution in [1.29, 1.82) is 0 Å². The number of nitrogens with zero attached hydrogens (tertiary/aromatic N) is 1. The average Bonchev–Trinajstić information content (AvgIpc) is 2.74. The van der Waals surface area contributed by atoms with E-state index in [1.807, 2.05) is 6.92 Å². The Morgan fingerprint density at radius 3 is 2.94 bits per heavy atom. The van der Waals surface area contributed by atoms with Crippen molar-refractivity contribution < 1.29 is 14.6 Å². The fourth-order valence-corrected chi connectivity index (χ4v) is 2.44. The van der Waals surface area contributed by atoms with Crippen molar-refractivity contribution in [2.24, 2.45) is 0 Å². The van der Waals surface area contributed by atoms with Crippen LogP contribution in [0.4, 0.5) is 0 Å². The van der Waals surface area contributed by atoms with Gasteiger partial charge in [-0.15, -0.1) is 11.3 Å². The minimum absolute atomic E-state index is 0.202. The normalized spacial score (nSPS) is 10.3. The molecule has 1 heterocycles. The van der Waals surface area contributed by atoms with Crippen LogP contribution in [0, 0.1) is 6.92 Å². The summed E-state index contributed by atoms with van der Waals surface area (Å²) in [5.74, 6) is -0.457. The van der Waals surface area contributed by atoms with Crippen molar-refractivity contribution in [2.45, 2.75) is 13.5 Å². The maximum Gasteiger partial charge on any atom is 0.335 e. The van der Waals surface area contributed by atoms with Gasteiger partial charge in [-0.2, -0.15) is 0 Å². The van der Waals surface area contributed by atoms with Crippen LogP contribution in [0.25, 0.3) is 0 Å². The van der Waals surface area contributed by atoms with Gasteiger partial charge < -0.3 is 9.84 Å². The Hall–Kier alpha value is -1.40. The number of thiazole rings is 1. The molecule has 2 aromatic rings. The number of aryl methyl sites for hydroxylation is 1. The molecule has 0 fully saturated rings. The Labute approximate surface area is 116 Å². The van der Waals surface area contributed by atoms with Gasteiger partial charge >= 0.3 is 5.97 Å². The van der Waals surface area contributed by atoms with Crippen molar-refractivity contribution >= 4 is 33.2 Å². The van der Waals surface area contributed by atoms with E-state index in [0.29, 0.717) is 12.4 Å². The summed E-state index contributed by atoms with van der Waals surface area (Å²) in [5, 5.41) is 9.89. The Kier molecular flexibility index (Phi) is 3.98. The monoisotopic (exact) mass is 327 g/mol. The summed E-state index contributed by atoms with van der Waals surface area (Å²) >= 11 is 4.88. The van der Waals surface area contributed by atoms with Crippen LogP contribution in [-0.4, -0.2) is 16.1 Å². The first-order chi connectivity index (χ1) is 8.56. The van der Waals surface area contributed by atoms with E-state index >= 15 is 0 Å². The van der Waals surface area contributed by atoms with Gasteiger partial charge in [-0.3, -0.25) is 0 Å². The molecule has 6 heteroatoms. The number of carboxylic acid groups (broad SMARTS) is 1. The van der Waals surface area contributed by atoms with Gasteiger partial charge in [-0.25, -0.2) is 9.78 Å². The van der Waals surface area contributed by atoms with Crippen molar-refractivity contribution in [2.75, 3.05) is 0 Å². The van der Waals surface area contributed by atoms with Crippen molar-refractivity contribution in [3.8, 4) is 5.75 Å². The maximum absolute atomic E-state index is 10.9. The lowest BCUT2D eigenvalue weighted by Gasteiger charge is -2.07. The Morgan fingerprint density at radius 1 is 1.56 bits per heavy atom. The number of aromatic nitrogens is 1. The molecule has 0 aliphatic carbocycles. The Bertz CT molecular complexity index is 582. The largest absolute Gasteiger partial charge is 0.487 e. The zero-order chi connectivity index (χ0) is 13.1. The van der Waals surface area contributed by atoms with Gasteiger partial charge in [0.25, 0.3) is 0 Å². The number of ether oxygens (including phenoxy) is 1. The van der Waals surface area contributed by atoms with Crippen LogP contribution >= 0.6 is 27.3 Å². The highest BCUT2D eigenvalue weighted by Gasteiger charge is 2.08. The van der Waals surface area contributed by atoms with Crippen LogP contribution in [0.2, 0.25) is 0 Å². The smallest absolute Gasteiger partial charge is 0.335 e. The highest BCUT2D eigenvalue weighted by atomic mass is 79.9. The van der Waals surface area contributed by atoms with Gasteiger partial charge in [0.15, 0.2) is 0 Å². The van der Waals surface area contributed by atoms with E-state index in [-0.39, 0.29) is 5.56 Å². The van der Waals surface area contributed by atoms with Crippen molar-refractivity contribution in [1.82, 2.24) is 4.98 Å². The first-order valence-electron chi connectivity index (χ1n) is 5.13. The molecule has 0 spiro atoms. The van der Waals surface area contributed by atoms with E-state index in [1.165, 1.54) is 12.1 Å². The van der Waals surface area contributed by atoms with Crippen molar-refractivity contribution in [3.63, 3.8) is 0 Å². The van der Waals surface area contributed by atoms with E-state index in [2.05, 4.69) is 20.9 Å². The average molecular weight is 328 g/mol. The van der Waals surface area contributed by atoms with Crippen molar-refractivity contribution in [3.05, 3.63) is 44.3 Å². The second-order valence-electron chi connectivity index (χ2n) is 3.58. The molecule has 18 heavy (non-hydrogen) atoms. The number of hydrogen-bond donors (Lipinski definition) is 1. The van der Waals surface area contributed by atoms with Crippen LogP contribution in [0.3, 0.4) is 0 Å². The third-order valence-corrected chi connectivity index (χ3v) is 3.76. The molecular formula is C12H10BrNO3S. The zero-order valence-electron chi connectivity index (χ0n) is 9.51. The third-order valence-electron chi connectivity index (χ3n) is 2.22. The standard InChI is InChI=1S/C12H10BrNO3S/c1-7-14-5-9(18-7)6-17-11-4-8(12(15)16)2-3-10(11)13/h2-5H,6H2,1H3,(H,15,16). The van der Waals surface area contributed by atoms with Crippen LogP contribution in [0.1, 0.15) is 20.2 Å². The maximum atomic E-state index is 10.9. The molecule has 94 valence electrons. The molecule has 0 unspecified atom stereocenters. The van der Waals surface area contributed by atoms with E-state index in [1.54, 1.807) is 23.6 Å². The van der Waals surface area contributed by atoms with Crippen LogP contribution in [0.15, 0.2) is 28.9 Å². The second kappa shape index (κ2) is 5.49. The van der Waals surface area contributed by atoms with Gasteiger partial charge in [0.05, 0.1) is 19.9 Å². The first-order valence-corrected chi connectivity index (χ1v) is 6.74. The molecule has 0 amide bonds. The predicted molar refractivity (Wildman–Crippen MR) is 72.3 cm³/mol. The minimum Gasteiger partial charge on any atom is -0.487 e. The quantitative estimate of drug-likeness (QED) is 0.933. The zero-order valence-corrected chi connectivity index (χ0v) is 11.9. The Morgan fingerprint density at radius 2 is 2.33 bits per heavy atom. The van der Waals surface area contributed by atoms with Gasteiger partial charge in [0.2, 0.25) is 0 Å². The van der Waals surface area contributed by atoms with Gasteiger partial charge in [-0.1, -0.05) is 0 Å². The molecule has 1 aromatic heterocycles. The molecule has 1 N–H and O–H groups in total. The molecule has 0 saturated carbocycles. The minimum atomic E-state index is -0.971. The lowest BCUT2D eigenvalue weighted by molar-refractivity contribution is 0.0696. The number of carboxylic acids is 1. The molecule has 0 bridgehead atoms. The first kappa shape index (κ1) is 13.0. The second-order valence-corrected chi connectivity index (χ2v) is 5.76. The Balaban J connectivity index is 2.13.